The number of anilines is 2. The van der Waals surface area contributed by atoms with Crippen molar-refractivity contribution >= 4 is 23.3 Å². The van der Waals surface area contributed by atoms with Crippen molar-refractivity contribution in [1.82, 2.24) is 5.32 Å². The summed E-state index contributed by atoms with van der Waals surface area (Å²) in [6, 6.07) is 13.0. The number of rotatable bonds is 7. The van der Waals surface area contributed by atoms with Gasteiger partial charge in [-0.1, -0.05) is 38.5 Å². The molecule has 156 valence electrons. The molecule has 0 heterocycles. The highest BCUT2D eigenvalue weighted by Crippen LogP contribution is 2.19. The van der Waals surface area contributed by atoms with Crippen molar-refractivity contribution < 1.29 is 14.0 Å². The number of carbonyl (C=O) groups excluding carboxylic acids is 2. The first-order valence-corrected chi connectivity index (χ1v) is 9.81. The second-order valence-corrected chi connectivity index (χ2v) is 8.37. The van der Waals surface area contributed by atoms with E-state index in [-0.39, 0.29) is 23.2 Å². The van der Waals surface area contributed by atoms with Crippen molar-refractivity contribution in [2.75, 3.05) is 23.3 Å². The minimum absolute atomic E-state index is 0.00469. The molecule has 0 aliphatic carbocycles. The number of aryl methyl sites for hydroxylation is 1. The summed E-state index contributed by atoms with van der Waals surface area (Å²) >= 11 is 0. The SMILES string of the molecule is Cc1ccc(NC(=O)N(CCCNC(=O)CC(C)(C)C)c2ccc(F)cc2)cc1. The van der Waals surface area contributed by atoms with Crippen molar-refractivity contribution in [3.8, 4) is 0 Å². The van der Waals surface area contributed by atoms with E-state index in [2.05, 4.69) is 10.6 Å². The van der Waals surface area contributed by atoms with Gasteiger partial charge in [0.25, 0.3) is 0 Å². The molecule has 0 spiro atoms. The van der Waals surface area contributed by atoms with Gasteiger partial charge in [0.15, 0.2) is 0 Å². The zero-order chi connectivity index (χ0) is 21.4. The highest BCUT2D eigenvalue weighted by atomic mass is 19.1. The third-order valence-corrected chi connectivity index (χ3v) is 4.26. The molecule has 0 aliphatic rings. The van der Waals surface area contributed by atoms with Crippen LogP contribution < -0.4 is 15.5 Å². The quantitative estimate of drug-likeness (QED) is 0.635. The van der Waals surface area contributed by atoms with Crippen LogP contribution in [0.25, 0.3) is 0 Å². The summed E-state index contributed by atoms with van der Waals surface area (Å²) in [5.41, 5.74) is 2.31. The maximum atomic E-state index is 13.3. The number of nitrogens with zero attached hydrogens (tertiary/aromatic N) is 1. The molecule has 0 unspecified atom stereocenters. The van der Waals surface area contributed by atoms with E-state index in [4.69, 9.17) is 0 Å². The maximum absolute atomic E-state index is 13.3. The molecule has 2 aromatic carbocycles. The molecule has 2 rings (SSSR count). The van der Waals surface area contributed by atoms with E-state index in [1.807, 2.05) is 52.0 Å². The lowest BCUT2D eigenvalue weighted by Gasteiger charge is -2.24. The Bertz CT molecular complexity index is 812. The number of hydrogen-bond acceptors (Lipinski definition) is 2. The summed E-state index contributed by atoms with van der Waals surface area (Å²) in [5, 5.41) is 5.76. The monoisotopic (exact) mass is 399 g/mol. The molecule has 0 saturated carbocycles. The minimum Gasteiger partial charge on any atom is -0.356 e. The molecular weight excluding hydrogens is 369 g/mol. The van der Waals surface area contributed by atoms with Crippen LogP contribution >= 0.6 is 0 Å². The van der Waals surface area contributed by atoms with Gasteiger partial charge in [0.05, 0.1) is 0 Å². The molecule has 6 heteroatoms. The fourth-order valence-corrected chi connectivity index (χ4v) is 2.81. The zero-order valence-corrected chi connectivity index (χ0v) is 17.6. The molecule has 0 aliphatic heterocycles. The molecule has 0 aromatic heterocycles. The van der Waals surface area contributed by atoms with Crippen LogP contribution in [-0.4, -0.2) is 25.0 Å². The van der Waals surface area contributed by atoms with Gasteiger partial charge < -0.3 is 10.6 Å². The predicted octanol–water partition coefficient (Wildman–Crippen LogP) is 5.12. The smallest absolute Gasteiger partial charge is 0.326 e. The summed E-state index contributed by atoms with van der Waals surface area (Å²) in [7, 11) is 0. The first-order chi connectivity index (χ1) is 13.6. The largest absolute Gasteiger partial charge is 0.356 e. The van der Waals surface area contributed by atoms with Gasteiger partial charge in [-0.05, 0) is 55.2 Å². The lowest BCUT2D eigenvalue weighted by atomic mass is 9.92. The Hall–Kier alpha value is -2.89. The van der Waals surface area contributed by atoms with Gasteiger partial charge in [0.2, 0.25) is 5.91 Å². The Morgan fingerprint density at radius 1 is 1.00 bits per heavy atom. The third-order valence-electron chi connectivity index (χ3n) is 4.26. The molecule has 0 radical (unpaired) electrons. The highest BCUT2D eigenvalue weighted by molar-refractivity contribution is 6.01. The number of hydrogen-bond donors (Lipinski definition) is 2. The average molecular weight is 400 g/mol. The highest BCUT2D eigenvalue weighted by Gasteiger charge is 2.18. The molecule has 0 bridgehead atoms. The summed E-state index contributed by atoms with van der Waals surface area (Å²) < 4.78 is 13.3. The number of halogens is 1. The van der Waals surface area contributed by atoms with Gasteiger partial charge in [0, 0.05) is 30.9 Å². The van der Waals surface area contributed by atoms with Crippen molar-refractivity contribution in [3.05, 3.63) is 59.9 Å². The number of carbonyl (C=O) groups is 2. The Morgan fingerprint density at radius 3 is 2.21 bits per heavy atom. The van der Waals surface area contributed by atoms with E-state index < -0.39 is 0 Å². The second-order valence-electron chi connectivity index (χ2n) is 8.37. The lowest BCUT2D eigenvalue weighted by Crippen LogP contribution is -2.37. The number of amides is 3. The van der Waals surface area contributed by atoms with Crippen LogP contribution in [0.4, 0.5) is 20.6 Å². The topological polar surface area (TPSA) is 61.4 Å². The van der Waals surface area contributed by atoms with Gasteiger partial charge in [-0.2, -0.15) is 0 Å². The van der Waals surface area contributed by atoms with E-state index in [1.54, 1.807) is 17.0 Å². The average Bonchev–Trinajstić information content (AvgIpc) is 2.63. The second kappa shape index (κ2) is 10.0. The zero-order valence-electron chi connectivity index (χ0n) is 17.6. The Kier molecular flexibility index (Phi) is 7.76. The summed E-state index contributed by atoms with van der Waals surface area (Å²) in [6.45, 7) is 8.86. The Morgan fingerprint density at radius 2 is 1.62 bits per heavy atom. The first kappa shape index (κ1) is 22.4. The molecule has 0 saturated heterocycles. The van der Waals surface area contributed by atoms with Gasteiger partial charge >= 0.3 is 6.03 Å². The van der Waals surface area contributed by atoms with Crippen molar-refractivity contribution in [1.29, 1.82) is 0 Å². The summed E-state index contributed by atoms with van der Waals surface area (Å²) in [6.07, 6.45) is 1.02. The number of benzene rings is 2. The van der Waals surface area contributed by atoms with Crippen LogP contribution in [0.3, 0.4) is 0 Å². The van der Waals surface area contributed by atoms with Gasteiger partial charge in [-0.25, -0.2) is 9.18 Å². The lowest BCUT2D eigenvalue weighted by molar-refractivity contribution is -0.122. The third kappa shape index (κ3) is 7.94. The summed E-state index contributed by atoms with van der Waals surface area (Å²) in [4.78, 5) is 26.4. The normalized spacial score (nSPS) is 11.1. The number of urea groups is 1. The van der Waals surface area contributed by atoms with E-state index in [1.165, 1.54) is 12.1 Å². The number of nitrogens with one attached hydrogen (secondary N) is 2. The van der Waals surface area contributed by atoms with Gasteiger partial charge in [-0.15, -0.1) is 0 Å². The van der Waals surface area contributed by atoms with Crippen LogP contribution in [0, 0.1) is 18.2 Å². The standard InChI is InChI=1S/C23H30FN3O2/c1-17-6-10-19(11-7-17)26-22(29)27(20-12-8-18(24)9-13-20)15-5-14-25-21(28)16-23(2,3)4/h6-13H,5,14-16H2,1-4H3,(H,25,28)(H,26,29). The molecule has 29 heavy (non-hydrogen) atoms. The Labute approximate surface area is 172 Å². The molecule has 0 atom stereocenters. The van der Waals surface area contributed by atoms with Crippen molar-refractivity contribution in [3.63, 3.8) is 0 Å². The van der Waals surface area contributed by atoms with Crippen LogP contribution in [-0.2, 0) is 4.79 Å². The van der Waals surface area contributed by atoms with E-state index >= 15 is 0 Å². The Balaban J connectivity index is 1.99. The summed E-state index contributed by atoms with van der Waals surface area (Å²) in [5.74, 6) is -0.364. The van der Waals surface area contributed by atoms with Crippen LogP contribution in [0.5, 0.6) is 0 Å². The minimum atomic E-state index is -0.359. The van der Waals surface area contributed by atoms with Gasteiger partial charge in [-0.3, -0.25) is 9.69 Å². The van der Waals surface area contributed by atoms with Crippen LogP contribution in [0.15, 0.2) is 48.5 Å². The molecule has 3 amide bonds. The van der Waals surface area contributed by atoms with E-state index in [0.29, 0.717) is 37.3 Å². The van der Waals surface area contributed by atoms with Crippen molar-refractivity contribution in [2.45, 2.75) is 40.5 Å². The molecule has 2 aromatic rings. The van der Waals surface area contributed by atoms with Gasteiger partial charge in [0.1, 0.15) is 5.82 Å². The first-order valence-electron chi connectivity index (χ1n) is 9.81. The fraction of sp³-hybridized carbons (Fsp3) is 0.391. The molecule has 0 fully saturated rings. The molecule has 2 N–H and O–H groups in total. The van der Waals surface area contributed by atoms with Crippen LogP contribution in [0.2, 0.25) is 0 Å². The predicted molar refractivity (Wildman–Crippen MR) is 116 cm³/mol. The van der Waals surface area contributed by atoms with E-state index in [9.17, 15) is 14.0 Å². The molecule has 5 nitrogen and oxygen atoms in total. The van der Waals surface area contributed by atoms with Crippen LogP contribution in [0.1, 0.15) is 39.2 Å². The molecular formula is C23H30FN3O2. The van der Waals surface area contributed by atoms with E-state index in [0.717, 1.165) is 5.56 Å². The maximum Gasteiger partial charge on any atom is 0.326 e. The van der Waals surface area contributed by atoms with Crippen molar-refractivity contribution in [2.24, 2.45) is 5.41 Å². The fourth-order valence-electron chi connectivity index (χ4n) is 2.81.